The molecular formula is C17H29N7O. The number of amides is 1. The molecule has 3 heterocycles. The Morgan fingerprint density at radius 3 is 2.88 bits per heavy atom. The molecule has 2 aliphatic rings. The molecule has 2 aliphatic heterocycles. The van der Waals surface area contributed by atoms with Crippen molar-refractivity contribution < 1.29 is 4.79 Å². The van der Waals surface area contributed by atoms with Crippen molar-refractivity contribution in [3.8, 4) is 0 Å². The highest BCUT2D eigenvalue weighted by atomic mass is 16.2. The van der Waals surface area contributed by atoms with Gasteiger partial charge in [-0.15, -0.1) is 10.2 Å². The Bertz CT molecular complexity index is 639. The van der Waals surface area contributed by atoms with E-state index in [0.29, 0.717) is 12.3 Å². The molecule has 25 heavy (non-hydrogen) atoms. The number of hydrogen-bond acceptors (Lipinski definition) is 4. The van der Waals surface area contributed by atoms with Crippen LogP contribution < -0.4 is 10.6 Å². The summed E-state index contributed by atoms with van der Waals surface area (Å²) in [6.07, 6.45) is 3.54. The second-order valence-corrected chi connectivity index (χ2v) is 7.05. The highest BCUT2D eigenvalue weighted by Gasteiger charge is 2.24. The SMILES string of the molecule is CCNC(=NCC1CCc2nnc(C)n2C1)NC1CCC(=O)N(C)C1. The van der Waals surface area contributed by atoms with Crippen molar-refractivity contribution in [2.24, 2.45) is 10.9 Å². The summed E-state index contributed by atoms with van der Waals surface area (Å²) >= 11 is 0. The topological polar surface area (TPSA) is 87.4 Å². The van der Waals surface area contributed by atoms with Crippen LogP contribution in [0.25, 0.3) is 0 Å². The van der Waals surface area contributed by atoms with Crippen LogP contribution in [0.1, 0.15) is 37.8 Å². The molecule has 1 fully saturated rings. The molecule has 2 N–H and O–H groups in total. The van der Waals surface area contributed by atoms with Crippen LogP contribution in [0, 0.1) is 12.8 Å². The van der Waals surface area contributed by atoms with Gasteiger partial charge in [0.05, 0.1) is 0 Å². The van der Waals surface area contributed by atoms with Crippen LogP contribution >= 0.6 is 0 Å². The molecule has 3 rings (SSSR count). The lowest BCUT2D eigenvalue weighted by molar-refractivity contribution is -0.132. The number of nitrogens with one attached hydrogen (secondary N) is 2. The zero-order valence-corrected chi connectivity index (χ0v) is 15.5. The number of nitrogens with zero attached hydrogens (tertiary/aromatic N) is 5. The van der Waals surface area contributed by atoms with Crippen molar-refractivity contribution >= 4 is 11.9 Å². The molecule has 0 saturated carbocycles. The third-order valence-electron chi connectivity index (χ3n) is 5.05. The molecule has 1 saturated heterocycles. The maximum atomic E-state index is 11.6. The van der Waals surface area contributed by atoms with Gasteiger partial charge >= 0.3 is 0 Å². The van der Waals surface area contributed by atoms with Crippen LogP contribution in [-0.4, -0.2) is 64.3 Å². The molecule has 2 unspecified atom stereocenters. The van der Waals surface area contributed by atoms with Crippen LogP contribution in [0.2, 0.25) is 0 Å². The summed E-state index contributed by atoms with van der Waals surface area (Å²) in [6.45, 7) is 7.37. The Labute approximate surface area is 149 Å². The molecule has 8 nitrogen and oxygen atoms in total. The number of rotatable bonds is 4. The largest absolute Gasteiger partial charge is 0.357 e. The van der Waals surface area contributed by atoms with Crippen LogP contribution in [0.4, 0.5) is 0 Å². The van der Waals surface area contributed by atoms with E-state index in [2.05, 4.69) is 32.3 Å². The fourth-order valence-corrected chi connectivity index (χ4v) is 3.54. The lowest BCUT2D eigenvalue weighted by atomic mass is 9.99. The number of hydrogen-bond donors (Lipinski definition) is 2. The lowest BCUT2D eigenvalue weighted by Crippen LogP contribution is -2.51. The normalized spacial score (nSPS) is 24.2. The van der Waals surface area contributed by atoms with Crippen LogP contribution in [0.15, 0.2) is 4.99 Å². The van der Waals surface area contributed by atoms with E-state index >= 15 is 0 Å². The number of likely N-dealkylation sites (tertiary alicyclic amines) is 1. The number of carbonyl (C=O) groups excluding carboxylic acids is 1. The van der Waals surface area contributed by atoms with E-state index in [-0.39, 0.29) is 11.9 Å². The smallest absolute Gasteiger partial charge is 0.222 e. The number of aromatic nitrogens is 3. The first kappa shape index (κ1) is 17.7. The third kappa shape index (κ3) is 4.29. The Balaban J connectivity index is 1.57. The standard InChI is InChI=1S/C17H29N7O/c1-4-18-17(20-14-6-8-16(25)23(3)11-14)19-9-13-5-7-15-22-21-12(2)24(15)10-13/h13-14H,4-11H2,1-3H3,(H2,18,19,20). The van der Waals surface area contributed by atoms with Crippen LogP contribution in [-0.2, 0) is 17.8 Å². The summed E-state index contributed by atoms with van der Waals surface area (Å²) in [5.74, 6) is 3.67. The first-order chi connectivity index (χ1) is 12.1. The predicted molar refractivity (Wildman–Crippen MR) is 96.3 cm³/mol. The highest BCUT2D eigenvalue weighted by Crippen LogP contribution is 2.20. The minimum Gasteiger partial charge on any atom is -0.357 e. The number of likely N-dealkylation sites (N-methyl/N-ethyl adjacent to an activating group) is 1. The van der Waals surface area contributed by atoms with Gasteiger partial charge in [-0.2, -0.15) is 0 Å². The number of fused-ring (bicyclic) bond motifs is 1. The predicted octanol–water partition coefficient (Wildman–Crippen LogP) is 0.325. The quantitative estimate of drug-likeness (QED) is 0.605. The number of guanidine groups is 1. The molecule has 0 radical (unpaired) electrons. The van der Waals surface area contributed by atoms with Gasteiger partial charge in [-0.05, 0) is 32.6 Å². The second-order valence-electron chi connectivity index (χ2n) is 7.05. The molecule has 0 bridgehead atoms. The van der Waals surface area contributed by atoms with Gasteiger partial charge in [0, 0.05) is 52.1 Å². The van der Waals surface area contributed by atoms with E-state index in [4.69, 9.17) is 4.99 Å². The summed E-state index contributed by atoms with van der Waals surface area (Å²) < 4.78 is 2.21. The molecule has 0 aromatic carbocycles. The second kappa shape index (κ2) is 7.84. The molecule has 8 heteroatoms. The fourth-order valence-electron chi connectivity index (χ4n) is 3.54. The van der Waals surface area contributed by atoms with E-state index in [1.165, 1.54) is 0 Å². The average Bonchev–Trinajstić information content (AvgIpc) is 2.97. The van der Waals surface area contributed by atoms with E-state index in [9.17, 15) is 4.79 Å². The van der Waals surface area contributed by atoms with Gasteiger partial charge in [0.25, 0.3) is 0 Å². The first-order valence-electron chi connectivity index (χ1n) is 9.24. The molecule has 138 valence electrons. The van der Waals surface area contributed by atoms with E-state index in [1.54, 1.807) is 4.90 Å². The van der Waals surface area contributed by atoms with Gasteiger partial charge in [-0.25, -0.2) is 0 Å². The fraction of sp³-hybridized carbons (Fsp3) is 0.765. The van der Waals surface area contributed by atoms with Crippen molar-refractivity contribution in [3.63, 3.8) is 0 Å². The number of aryl methyl sites for hydroxylation is 2. The van der Waals surface area contributed by atoms with Gasteiger partial charge in [-0.3, -0.25) is 9.79 Å². The van der Waals surface area contributed by atoms with Crippen molar-refractivity contribution in [2.75, 3.05) is 26.7 Å². The summed E-state index contributed by atoms with van der Waals surface area (Å²) in [7, 11) is 1.86. The summed E-state index contributed by atoms with van der Waals surface area (Å²) in [5, 5.41) is 15.2. The molecule has 0 aliphatic carbocycles. The monoisotopic (exact) mass is 347 g/mol. The third-order valence-corrected chi connectivity index (χ3v) is 5.05. The Morgan fingerprint density at radius 1 is 1.28 bits per heavy atom. The molecule has 1 aromatic rings. The summed E-state index contributed by atoms with van der Waals surface area (Å²) in [5.41, 5.74) is 0. The minimum atomic E-state index is 0.224. The first-order valence-corrected chi connectivity index (χ1v) is 9.24. The molecule has 2 atom stereocenters. The maximum Gasteiger partial charge on any atom is 0.222 e. The van der Waals surface area contributed by atoms with Crippen molar-refractivity contribution in [1.82, 2.24) is 30.3 Å². The van der Waals surface area contributed by atoms with Crippen molar-refractivity contribution in [2.45, 2.75) is 52.1 Å². The minimum absolute atomic E-state index is 0.224. The van der Waals surface area contributed by atoms with Crippen LogP contribution in [0.3, 0.4) is 0 Å². The van der Waals surface area contributed by atoms with Crippen molar-refractivity contribution in [3.05, 3.63) is 11.6 Å². The molecule has 1 amide bonds. The van der Waals surface area contributed by atoms with Crippen LogP contribution in [0.5, 0.6) is 0 Å². The Hall–Kier alpha value is -2.12. The zero-order chi connectivity index (χ0) is 17.8. The Kier molecular flexibility index (Phi) is 5.55. The Morgan fingerprint density at radius 2 is 2.12 bits per heavy atom. The van der Waals surface area contributed by atoms with E-state index < -0.39 is 0 Å². The van der Waals surface area contributed by atoms with Gasteiger partial charge in [-0.1, -0.05) is 0 Å². The van der Waals surface area contributed by atoms with Crippen molar-refractivity contribution in [1.29, 1.82) is 0 Å². The van der Waals surface area contributed by atoms with E-state index in [1.807, 2.05) is 14.0 Å². The number of piperidine rings is 1. The summed E-state index contributed by atoms with van der Waals surface area (Å²) in [6, 6.07) is 0.263. The molecule has 1 aromatic heterocycles. The summed E-state index contributed by atoms with van der Waals surface area (Å²) in [4.78, 5) is 18.2. The number of aliphatic imine (C=N–C) groups is 1. The molecule has 0 spiro atoms. The molecular weight excluding hydrogens is 318 g/mol. The van der Waals surface area contributed by atoms with Gasteiger partial charge in [0.2, 0.25) is 5.91 Å². The zero-order valence-electron chi connectivity index (χ0n) is 15.5. The lowest BCUT2D eigenvalue weighted by Gasteiger charge is -2.31. The maximum absolute atomic E-state index is 11.6. The van der Waals surface area contributed by atoms with Gasteiger partial charge in [0.15, 0.2) is 5.96 Å². The van der Waals surface area contributed by atoms with Gasteiger partial charge in [0.1, 0.15) is 11.6 Å². The number of carbonyl (C=O) groups is 1. The van der Waals surface area contributed by atoms with E-state index in [0.717, 1.165) is 63.0 Å². The highest BCUT2D eigenvalue weighted by molar-refractivity contribution is 5.81. The average molecular weight is 347 g/mol. The van der Waals surface area contributed by atoms with Gasteiger partial charge < -0.3 is 20.1 Å².